The van der Waals surface area contributed by atoms with E-state index in [2.05, 4.69) is 9.97 Å². The summed E-state index contributed by atoms with van der Waals surface area (Å²) in [6.07, 6.45) is -0.578. The summed E-state index contributed by atoms with van der Waals surface area (Å²) in [5.74, 6) is 0.567. The second-order valence-corrected chi connectivity index (χ2v) is 3.40. The maximum Gasteiger partial charge on any atom is 0.135 e. The largest absolute Gasteiger partial charge is 0.385 e. The number of nitrogens with zero attached hydrogens (tertiary/aromatic N) is 1. The molecule has 2 rings (SSSR count). The highest BCUT2D eigenvalue weighted by Crippen LogP contribution is 2.19. The molecular weight excluding hydrogens is 188 g/mol. The molecule has 4 heteroatoms. The number of halogens is 1. The van der Waals surface area contributed by atoms with Crippen molar-refractivity contribution < 1.29 is 5.11 Å². The minimum Gasteiger partial charge on any atom is -0.385 e. The van der Waals surface area contributed by atoms with Crippen molar-refractivity contribution in [2.75, 3.05) is 0 Å². The minimum absolute atomic E-state index is 0.567. The van der Waals surface area contributed by atoms with Gasteiger partial charge in [-0.05, 0) is 25.1 Å². The number of H-pyrrole nitrogens is 1. The Hall–Kier alpha value is -1.06. The smallest absolute Gasteiger partial charge is 0.135 e. The van der Waals surface area contributed by atoms with E-state index in [-0.39, 0.29) is 0 Å². The number of nitrogens with one attached hydrogen (secondary N) is 1. The van der Waals surface area contributed by atoms with E-state index in [0.29, 0.717) is 10.8 Å². The van der Waals surface area contributed by atoms with Crippen molar-refractivity contribution in [3.8, 4) is 0 Å². The molecule has 0 aliphatic rings. The molecule has 1 heterocycles. The Balaban J connectivity index is 2.62. The average molecular weight is 197 g/mol. The molecule has 68 valence electrons. The molecule has 0 saturated heterocycles. The van der Waals surface area contributed by atoms with E-state index in [1.165, 1.54) is 0 Å². The lowest BCUT2D eigenvalue weighted by atomic mass is 10.3. The maximum absolute atomic E-state index is 9.27. The summed E-state index contributed by atoms with van der Waals surface area (Å²) in [5, 5.41) is 9.93. The third-order valence-electron chi connectivity index (χ3n) is 1.86. The van der Waals surface area contributed by atoms with E-state index in [1.54, 1.807) is 19.1 Å². The first-order chi connectivity index (χ1) is 6.16. The van der Waals surface area contributed by atoms with Crippen LogP contribution in [0.1, 0.15) is 18.9 Å². The summed E-state index contributed by atoms with van der Waals surface area (Å²) in [6, 6.07) is 5.38. The van der Waals surface area contributed by atoms with Gasteiger partial charge in [0.15, 0.2) is 0 Å². The number of imidazole rings is 1. The molecule has 0 spiro atoms. The van der Waals surface area contributed by atoms with E-state index >= 15 is 0 Å². The lowest BCUT2D eigenvalue weighted by Crippen LogP contribution is -1.92. The Morgan fingerprint density at radius 1 is 1.54 bits per heavy atom. The number of aromatic nitrogens is 2. The van der Waals surface area contributed by atoms with Crippen LogP contribution in [0.3, 0.4) is 0 Å². The highest BCUT2D eigenvalue weighted by molar-refractivity contribution is 6.31. The van der Waals surface area contributed by atoms with Crippen molar-refractivity contribution in [2.24, 2.45) is 0 Å². The van der Waals surface area contributed by atoms with Crippen molar-refractivity contribution >= 4 is 22.6 Å². The lowest BCUT2D eigenvalue weighted by molar-refractivity contribution is 0.190. The number of aliphatic hydroxyl groups excluding tert-OH is 1. The normalized spacial score (nSPS) is 13.5. The molecule has 0 fully saturated rings. The van der Waals surface area contributed by atoms with Crippen molar-refractivity contribution in [3.63, 3.8) is 0 Å². The SMILES string of the molecule is C[C@@H](O)c1nc2ccc(Cl)cc2[nH]1. The van der Waals surface area contributed by atoms with E-state index in [9.17, 15) is 5.11 Å². The third kappa shape index (κ3) is 1.53. The van der Waals surface area contributed by atoms with Crippen LogP contribution in [0, 0.1) is 0 Å². The zero-order valence-electron chi connectivity index (χ0n) is 7.08. The van der Waals surface area contributed by atoms with Crippen LogP contribution in [0.4, 0.5) is 0 Å². The van der Waals surface area contributed by atoms with Crippen LogP contribution in [0.15, 0.2) is 18.2 Å². The first-order valence-corrected chi connectivity index (χ1v) is 4.38. The highest BCUT2D eigenvalue weighted by Gasteiger charge is 2.06. The van der Waals surface area contributed by atoms with Gasteiger partial charge in [-0.1, -0.05) is 11.6 Å². The van der Waals surface area contributed by atoms with Gasteiger partial charge in [0.05, 0.1) is 11.0 Å². The van der Waals surface area contributed by atoms with E-state index in [4.69, 9.17) is 11.6 Å². The van der Waals surface area contributed by atoms with Gasteiger partial charge in [-0.25, -0.2) is 4.98 Å². The van der Waals surface area contributed by atoms with Crippen molar-refractivity contribution in [2.45, 2.75) is 13.0 Å². The van der Waals surface area contributed by atoms with Gasteiger partial charge in [0.2, 0.25) is 0 Å². The second kappa shape index (κ2) is 3.01. The number of hydrogen-bond donors (Lipinski definition) is 2. The fourth-order valence-electron chi connectivity index (χ4n) is 1.20. The Labute approximate surface area is 80.4 Å². The molecule has 0 aliphatic carbocycles. The molecule has 2 aromatic rings. The summed E-state index contributed by atoms with van der Waals surface area (Å²) >= 11 is 5.80. The molecule has 1 atom stereocenters. The lowest BCUT2D eigenvalue weighted by Gasteiger charge is -1.95. The number of fused-ring (bicyclic) bond motifs is 1. The molecule has 0 aliphatic heterocycles. The van der Waals surface area contributed by atoms with Crippen LogP contribution < -0.4 is 0 Å². The first-order valence-electron chi connectivity index (χ1n) is 4.00. The van der Waals surface area contributed by atoms with Gasteiger partial charge in [-0.15, -0.1) is 0 Å². The molecule has 1 aromatic carbocycles. The van der Waals surface area contributed by atoms with Crippen LogP contribution in [-0.4, -0.2) is 15.1 Å². The van der Waals surface area contributed by atoms with Gasteiger partial charge < -0.3 is 10.1 Å². The quantitative estimate of drug-likeness (QED) is 0.735. The minimum atomic E-state index is -0.578. The highest BCUT2D eigenvalue weighted by atomic mass is 35.5. The third-order valence-corrected chi connectivity index (χ3v) is 2.09. The van der Waals surface area contributed by atoms with Gasteiger partial charge in [-0.2, -0.15) is 0 Å². The molecule has 0 unspecified atom stereocenters. The molecule has 0 radical (unpaired) electrons. The molecule has 0 saturated carbocycles. The monoisotopic (exact) mass is 196 g/mol. The zero-order chi connectivity index (χ0) is 9.42. The average Bonchev–Trinajstić information content (AvgIpc) is 2.46. The Morgan fingerprint density at radius 2 is 2.31 bits per heavy atom. The Bertz CT molecular complexity index is 436. The molecular formula is C9H9ClN2O. The van der Waals surface area contributed by atoms with Gasteiger partial charge in [0.25, 0.3) is 0 Å². The van der Waals surface area contributed by atoms with Crippen molar-refractivity contribution in [1.82, 2.24) is 9.97 Å². The standard InChI is InChI=1S/C9H9ClN2O/c1-5(13)9-11-7-3-2-6(10)4-8(7)12-9/h2-5,13H,1H3,(H,11,12)/t5-/m1/s1. The van der Waals surface area contributed by atoms with Gasteiger partial charge in [0, 0.05) is 5.02 Å². The summed E-state index contributed by atoms with van der Waals surface area (Å²) in [5.41, 5.74) is 1.67. The fourth-order valence-corrected chi connectivity index (χ4v) is 1.37. The van der Waals surface area contributed by atoms with Crippen LogP contribution >= 0.6 is 11.6 Å². The van der Waals surface area contributed by atoms with Gasteiger partial charge in [0.1, 0.15) is 11.9 Å². The van der Waals surface area contributed by atoms with Crippen LogP contribution in [0.5, 0.6) is 0 Å². The molecule has 3 nitrogen and oxygen atoms in total. The molecule has 2 N–H and O–H groups in total. The summed E-state index contributed by atoms with van der Waals surface area (Å²) in [4.78, 5) is 7.18. The number of aliphatic hydroxyl groups is 1. The molecule has 0 amide bonds. The van der Waals surface area contributed by atoms with E-state index in [1.807, 2.05) is 6.07 Å². The second-order valence-electron chi connectivity index (χ2n) is 2.96. The fraction of sp³-hybridized carbons (Fsp3) is 0.222. The van der Waals surface area contributed by atoms with Crippen molar-refractivity contribution in [1.29, 1.82) is 0 Å². The van der Waals surface area contributed by atoms with Gasteiger partial charge >= 0.3 is 0 Å². The molecule has 13 heavy (non-hydrogen) atoms. The van der Waals surface area contributed by atoms with Gasteiger partial charge in [-0.3, -0.25) is 0 Å². The Kier molecular flexibility index (Phi) is 1.98. The number of aromatic amines is 1. The van der Waals surface area contributed by atoms with E-state index in [0.717, 1.165) is 11.0 Å². The maximum atomic E-state index is 9.27. The van der Waals surface area contributed by atoms with Crippen LogP contribution in [0.2, 0.25) is 5.02 Å². The molecule has 0 bridgehead atoms. The van der Waals surface area contributed by atoms with Crippen molar-refractivity contribution in [3.05, 3.63) is 29.0 Å². The number of rotatable bonds is 1. The number of benzene rings is 1. The topological polar surface area (TPSA) is 48.9 Å². The number of hydrogen-bond acceptors (Lipinski definition) is 2. The summed E-state index contributed by atoms with van der Waals surface area (Å²) in [6.45, 7) is 1.67. The summed E-state index contributed by atoms with van der Waals surface area (Å²) < 4.78 is 0. The molecule has 1 aromatic heterocycles. The van der Waals surface area contributed by atoms with E-state index < -0.39 is 6.10 Å². The predicted molar refractivity (Wildman–Crippen MR) is 51.7 cm³/mol. The zero-order valence-corrected chi connectivity index (χ0v) is 7.84. The summed E-state index contributed by atoms with van der Waals surface area (Å²) in [7, 11) is 0. The Morgan fingerprint density at radius 3 is 3.00 bits per heavy atom. The first kappa shape index (κ1) is 8.53. The van der Waals surface area contributed by atoms with Crippen LogP contribution in [0.25, 0.3) is 11.0 Å². The predicted octanol–water partition coefficient (Wildman–Crippen LogP) is 2.27. The van der Waals surface area contributed by atoms with Crippen LogP contribution in [-0.2, 0) is 0 Å².